The number of carboxylic acids is 1. The number of carbonyl (C=O) groups excluding carboxylic acids is 2. The van der Waals surface area contributed by atoms with Gasteiger partial charge in [-0.1, -0.05) is 77.5 Å². The number of aromatic nitrogens is 3. The van der Waals surface area contributed by atoms with E-state index in [1.54, 1.807) is 24.3 Å². The van der Waals surface area contributed by atoms with Crippen molar-refractivity contribution in [2.45, 2.75) is 26.3 Å². The number of carboxylic acid groups (broad SMARTS) is 1. The van der Waals surface area contributed by atoms with Crippen LogP contribution in [0, 0.1) is 6.92 Å². The Hall–Kier alpha value is -6.76. The van der Waals surface area contributed by atoms with Crippen LogP contribution in [-0.2, 0) is 22.6 Å². The fourth-order valence-corrected chi connectivity index (χ4v) is 5.55. The summed E-state index contributed by atoms with van der Waals surface area (Å²) in [7, 11) is 1.36. The molecule has 2 aromatic heterocycles. The van der Waals surface area contributed by atoms with Gasteiger partial charge in [-0.3, -0.25) is 14.4 Å². The summed E-state index contributed by atoms with van der Waals surface area (Å²) in [5, 5.41) is 16.2. The average molecular weight is 718 g/mol. The quantitative estimate of drug-likeness (QED) is 0.123. The van der Waals surface area contributed by atoms with Crippen LogP contribution in [0.15, 0.2) is 114 Å². The molecule has 0 radical (unpaired) electrons. The lowest BCUT2D eigenvalue weighted by Gasteiger charge is -2.21. The zero-order valence-corrected chi connectivity index (χ0v) is 28.6. The summed E-state index contributed by atoms with van der Waals surface area (Å²) in [6, 6.07) is 29.9. The number of rotatable bonds is 13. The van der Waals surface area contributed by atoms with Gasteiger partial charge < -0.3 is 24.6 Å². The van der Waals surface area contributed by atoms with Crippen molar-refractivity contribution in [2.24, 2.45) is 0 Å². The molecule has 6 rings (SSSR count). The number of carbonyl (C=O) groups is 3. The molecule has 0 fully saturated rings. The van der Waals surface area contributed by atoms with Crippen LogP contribution in [0.25, 0.3) is 34.0 Å². The highest BCUT2D eigenvalue weighted by Crippen LogP contribution is 2.29. The van der Waals surface area contributed by atoms with E-state index in [-0.39, 0.29) is 41.2 Å². The monoisotopic (exact) mass is 717 g/mol. The molecule has 0 aliphatic carbocycles. The first kappa shape index (κ1) is 36.0. The van der Waals surface area contributed by atoms with E-state index in [4.69, 9.17) is 9.26 Å². The predicted octanol–water partition coefficient (Wildman–Crippen LogP) is 7.63. The Kier molecular flexibility index (Phi) is 10.9. The number of aryl methyl sites for hydroxylation is 1. The van der Waals surface area contributed by atoms with E-state index in [1.807, 2.05) is 31.2 Å². The molecule has 53 heavy (non-hydrogen) atoms. The summed E-state index contributed by atoms with van der Waals surface area (Å²) in [4.78, 5) is 47.5. The molecule has 2 amide bonds. The summed E-state index contributed by atoms with van der Waals surface area (Å²) < 4.78 is 37.6. The number of hydrogen-bond acceptors (Lipinski definition) is 8. The van der Waals surface area contributed by atoms with Crippen molar-refractivity contribution >= 4 is 23.6 Å². The van der Waals surface area contributed by atoms with Gasteiger partial charge in [0.25, 0.3) is 18.2 Å². The second kappa shape index (κ2) is 16.1. The maximum atomic E-state index is 13.5. The first-order valence-electron chi connectivity index (χ1n) is 16.4. The number of methoxy groups -OCH3 is 1. The summed E-state index contributed by atoms with van der Waals surface area (Å²) in [5.41, 5.74) is 5.33. The average Bonchev–Trinajstić information content (AvgIpc) is 3.66. The molecule has 268 valence electrons. The summed E-state index contributed by atoms with van der Waals surface area (Å²) in [6.07, 6.45) is -1.94. The minimum Gasteiger partial charge on any atom is -0.497 e. The van der Waals surface area contributed by atoms with E-state index in [1.165, 1.54) is 49.2 Å². The molecule has 4 aromatic carbocycles. The molecule has 2 N–H and O–H groups in total. The molecule has 6 aromatic rings. The van der Waals surface area contributed by atoms with Crippen molar-refractivity contribution in [1.82, 2.24) is 20.0 Å². The maximum Gasteiger partial charge on any atom is 0.323 e. The van der Waals surface area contributed by atoms with Crippen LogP contribution in [0.2, 0.25) is 0 Å². The molecule has 0 saturated carbocycles. The van der Waals surface area contributed by atoms with Crippen molar-refractivity contribution in [3.63, 3.8) is 0 Å². The number of amides is 2. The molecule has 2 heterocycles. The largest absolute Gasteiger partial charge is 0.497 e. The van der Waals surface area contributed by atoms with Gasteiger partial charge in [0, 0.05) is 29.4 Å². The number of ether oxygens (including phenoxy) is 1. The predicted molar refractivity (Wildman–Crippen MR) is 192 cm³/mol. The lowest BCUT2D eigenvalue weighted by atomic mass is 10.0. The van der Waals surface area contributed by atoms with Crippen LogP contribution >= 0.6 is 0 Å². The van der Waals surface area contributed by atoms with Crippen LogP contribution in [0.4, 0.5) is 14.6 Å². The van der Waals surface area contributed by atoms with Gasteiger partial charge in [-0.05, 0) is 65.6 Å². The second-order valence-electron chi connectivity index (χ2n) is 12.1. The van der Waals surface area contributed by atoms with Gasteiger partial charge in [-0.2, -0.15) is 4.98 Å². The molecule has 0 aliphatic heterocycles. The summed E-state index contributed by atoms with van der Waals surface area (Å²) in [6.45, 7) is 1.44. The van der Waals surface area contributed by atoms with Gasteiger partial charge in [0.2, 0.25) is 11.7 Å². The van der Waals surface area contributed by atoms with Crippen molar-refractivity contribution in [2.75, 3.05) is 19.0 Å². The van der Waals surface area contributed by atoms with Gasteiger partial charge >= 0.3 is 5.97 Å². The number of aliphatic carboxylic acids is 1. The summed E-state index contributed by atoms with van der Waals surface area (Å²) in [5.74, 6) is -1.35. The Bertz CT molecular complexity index is 2220. The molecular weight excluding hydrogens is 684 g/mol. The van der Waals surface area contributed by atoms with Gasteiger partial charge in [0.05, 0.1) is 19.1 Å². The fraction of sp³-hybridized carbons (Fsp3) is 0.150. The molecular formula is C40H33F2N5O6. The molecule has 11 nitrogen and oxygen atoms in total. The van der Waals surface area contributed by atoms with Crippen molar-refractivity contribution in [1.29, 1.82) is 0 Å². The number of anilines is 1. The van der Waals surface area contributed by atoms with E-state index in [0.717, 1.165) is 21.6 Å². The topological polar surface area (TPSA) is 148 Å². The third-order valence-electron chi connectivity index (χ3n) is 8.36. The van der Waals surface area contributed by atoms with E-state index < -0.39 is 30.8 Å². The standard InChI is InChI=1S/C40H33F2N5O6/c1-24-3-7-26(8-4-24)27-11-13-29(14-12-27)39-45-38(46-53-39)28-9-5-25(6-10-28)22-47(23-36(49)50)40(51)31-16-18-34(43-21-31)44-35(48)19-30-15-17-32(52-2)20-33(30)37(41)42/h3-18,20-21,37H,19,22-23H2,1-2H3,(H,49,50)(H,43,44,48). The Morgan fingerprint density at radius 1 is 0.868 bits per heavy atom. The zero-order valence-electron chi connectivity index (χ0n) is 28.6. The third-order valence-corrected chi connectivity index (χ3v) is 8.36. The Morgan fingerprint density at radius 3 is 2.15 bits per heavy atom. The van der Waals surface area contributed by atoms with Crippen molar-refractivity contribution < 1.29 is 37.5 Å². The number of nitrogens with zero attached hydrogens (tertiary/aromatic N) is 4. The number of alkyl halides is 2. The van der Waals surface area contributed by atoms with Crippen LogP contribution < -0.4 is 10.1 Å². The number of halogens is 2. The molecule has 13 heteroatoms. The van der Waals surface area contributed by atoms with Crippen molar-refractivity contribution in [3.05, 3.63) is 137 Å². The van der Waals surface area contributed by atoms with Gasteiger partial charge in [0.15, 0.2) is 0 Å². The minimum atomic E-state index is -2.80. The second-order valence-corrected chi connectivity index (χ2v) is 12.1. The molecule has 0 spiro atoms. The number of benzene rings is 4. The molecule has 0 unspecified atom stereocenters. The number of nitrogens with one attached hydrogen (secondary N) is 1. The van der Waals surface area contributed by atoms with E-state index in [2.05, 4.69) is 44.7 Å². The van der Waals surface area contributed by atoms with E-state index in [9.17, 15) is 28.3 Å². The zero-order chi connectivity index (χ0) is 37.5. The highest BCUT2D eigenvalue weighted by atomic mass is 19.3. The lowest BCUT2D eigenvalue weighted by molar-refractivity contribution is -0.137. The van der Waals surface area contributed by atoms with Gasteiger partial charge in [-0.15, -0.1) is 0 Å². The Morgan fingerprint density at radius 2 is 1.53 bits per heavy atom. The number of pyridine rings is 1. The van der Waals surface area contributed by atoms with E-state index >= 15 is 0 Å². The Balaban J connectivity index is 1.08. The van der Waals surface area contributed by atoms with Gasteiger partial charge in [-0.25, -0.2) is 13.8 Å². The molecule has 0 saturated heterocycles. The fourth-order valence-electron chi connectivity index (χ4n) is 5.55. The normalized spacial score (nSPS) is 11.0. The van der Waals surface area contributed by atoms with Crippen LogP contribution in [0.1, 0.15) is 39.0 Å². The van der Waals surface area contributed by atoms with E-state index in [0.29, 0.717) is 22.8 Å². The number of hydrogen-bond donors (Lipinski definition) is 2. The third kappa shape index (κ3) is 8.95. The first-order valence-corrected chi connectivity index (χ1v) is 16.4. The molecule has 0 atom stereocenters. The first-order chi connectivity index (χ1) is 25.6. The molecule has 0 aliphatic rings. The van der Waals surface area contributed by atoms with Crippen LogP contribution in [-0.4, -0.2) is 56.6 Å². The minimum absolute atomic E-state index is 0.0247. The molecule has 0 bridgehead atoms. The lowest BCUT2D eigenvalue weighted by Crippen LogP contribution is -2.35. The van der Waals surface area contributed by atoms with Crippen molar-refractivity contribution in [3.8, 4) is 39.7 Å². The SMILES string of the molecule is COc1ccc(CC(=O)Nc2ccc(C(=O)N(CC(=O)O)Cc3ccc(-c4noc(-c5ccc(-c6ccc(C)cc6)cc5)n4)cc3)cn2)c(C(F)F)c1. The smallest absolute Gasteiger partial charge is 0.323 e. The van der Waals surface area contributed by atoms with Crippen LogP contribution in [0.3, 0.4) is 0 Å². The van der Waals surface area contributed by atoms with Gasteiger partial charge in [0.1, 0.15) is 18.1 Å². The highest BCUT2D eigenvalue weighted by Gasteiger charge is 2.21. The Labute approximate surface area is 302 Å². The summed E-state index contributed by atoms with van der Waals surface area (Å²) >= 11 is 0. The highest BCUT2D eigenvalue weighted by molar-refractivity contribution is 5.96. The maximum absolute atomic E-state index is 13.5. The van der Waals surface area contributed by atoms with Crippen LogP contribution in [0.5, 0.6) is 5.75 Å².